The minimum Gasteiger partial charge on any atom is -0.506 e. The Hall–Kier alpha value is -1.18. The van der Waals surface area contributed by atoms with E-state index in [0.29, 0.717) is 0 Å². The molecule has 0 unspecified atom stereocenters. The molecule has 0 aliphatic heterocycles. The molecule has 1 rings (SSSR count). The zero-order chi connectivity index (χ0) is 14.0. The molecule has 0 heterocycles. The average molecular weight is 319 g/mol. The van der Waals surface area contributed by atoms with Gasteiger partial charge in [0.05, 0.1) is 21.5 Å². The van der Waals surface area contributed by atoms with Crippen LogP contribution in [0.4, 0.5) is 5.69 Å². The molecule has 0 saturated carbocycles. The van der Waals surface area contributed by atoms with Crippen LogP contribution in [0.3, 0.4) is 0 Å². The summed E-state index contributed by atoms with van der Waals surface area (Å²) >= 11 is 3.03. The number of rotatable bonds is 4. The highest BCUT2D eigenvalue weighted by molar-refractivity contribution is 9.10. The van der Waals surface area contributed by atoms with Gasteiger partial charge >= 0.3 is 0 Å². The molecule has 1 aromatic rings. The number of halogens is 1. The van der Waals surface area contributed by atoms with Crippen molar-refractivity contribution in [2.75, 3.05) is 0 Å². The van der Waals surface area contributed by atoms with Crippen molar-refractivity contribution in [2.45, 2.75) is 26.0 Å². The molecular formula is C11H15BrN2O4. The molecule has 0 aromatic heterocycles. The molecule has 0 aliphatic carbocycles. The van der Waals surface area contributed by atoms with E-state index in [1.807, 2.05) is 0 Å². The standard InChI is InChI=1S/C11H15BrN2O4/c1-5(2)10(15)9(13)7-3-6(14(17)18)4-8(12)11(7)16/h3-5,9-10,15-16H,13H2,1-2H3/t9-,10+/m1/s1. The molecule has 6 nitrogen and oxygen atoms in total. The zero-order valence-electron chi connectivity index (χ0n) is 10.0. The van der Waals surface area contributed by atoms with E-state index in [4.69, 9.17) is 5.73 Å². The minimum absolute atomic E-state index is 0.127. The maximum atomic E-state index is 10.7. The van der Waals surface area contributed by atoms with Crippen molar-refractivity contribution in [3.63, 3.8) is 0 Å². The molecule has 0 bridgehead atoms. The number of hydrogen-bond donors (Lipinski definition) is 3. The maximum absolute atomic E-state index is 10.7. The highest BCUT2D eigenvalue weighted by atomic mass is 79.9. The number of nitrogens with zero attached hydrogens (tertiary/aromatic N) is 1. The molecule has 18 heavy (non-hydrogen) atoms. The molecule has 0 spiro atoms. The third-order valence-electron chi connectivity index (χ3n) is 2.70. The van der Waals surface area contributed by atoms with Gasteiger partial charge in [0.2, 0.25) is 0 Å². The summed E-state index contributed by atoms with van der Waals surface area (Å²) in [6, 6.07) is 1.48. The van der Waals surface area contributed by atoms with Gasteiger partial charge in [-0.1, -0.05) is 13.8 Å². The fourth-order valence-corrected chi connectivity index (χ4v) is 2.03. The summed E-state index contributed by atoms with van der Waals surface area (Å²) in [5.41, 5.74) is 5.78. The van der Waals surface area contributed by atoms with E-state index >= 15 is 0 Å². The van der Waals surface area contributed by atoms with Crippen molar-refractivity contribution in [1.29, 1.82) is 0 Å². The van der Waals surface area contributed by atoms with Crippen molar-refractivity contribution in [1.82, 2.24) is 0 Å². The Labute approximate surface area is 113 Å². The monoisotopic (exact) mass is 318 g/mol. The third-order valence-corrected chi connectivity index (χ3v) is 3.30. The molecule has 0 fully saturated rings. The largest absolute Gasteiger partial charge is 0.506 e. The van der Waals surface area contributed by atoms with Crippen LogP contribution < -0.4 is 5.73 Å². The van der Waals surface area contributed by atoms with Gasteiger partial charge in [0.1, 0.15) is 5.75 Å². The Kier molecular flexibility index (Phi) is 4.66. The molecule has 0 amide bonds. The Morgan fingerprint density at radius 3 is 2.44 bits per heavy atom. The summed E-state index contributed by atoms with van der Waals surface area (Å²) in [5.74, 6) is -0.315. The zero-order valence-corrected chi connectivity index (χ0v) is 11.6. The number of phenols is 1. The van der Waals surface area contributed by atoms with Crippen LogP contribution in [0.1, 0.15) is 25.5 Å². The number of benzene rings is 1. The quantitative estimate of drug-likeness (QED) is 0.581. The number of aliphatic hydroxyl groups is 1. The van der Waals surface area contributed by atoms with E-state index in [1.165, 1.54) is 12.1 Å². The normalized spacial score (nSPS) is 14.6. The molecule has 0 saturated heterocycles. The third kappa shape index (κ3) is 2.98. The Morgan fingerprint density at radius 2 is 2.00 bits per heavy atom. The molecule has 1 aromatic carbocycles. The van der Waals surface area contributed by atoms with E-state index < -0.39 is 17.1 Å². The lowest BCUT2D eigenvalue weighted by atomic mass is 9.93. The second-order valence-electron chi connectivity index (χ2n) is 4.38. The van der Waals surface area contributed by atoms with E-state index in [-0.39, 0.29) is 27.4 Å². The number of nitro groups is 1. The lowest BCUT2D eigenvalue weighted by Crippen LogP contribution is -2.30. The smallest absolute Gasteiger partial charge is 0.271 e. The fourth-order valence-electron chi connectivity index (χ4n) is 1.56. The van der Waals surface area contributed by atoms with Crippen LogP contribution >= 0.6 is 15.9 Å². The van der Waals surface area contributed by atoms with Gasteiger partial charge in [-0.25, -0.2) is 0 Å². The number of aromatic hydroxyl groups is 1. The first-order chi connectivity index (χ1) is 8.25. The number of hydrogen-bond acceptors (Lipinski definition) is 5. The second kappa shape index (κ2) is 5.64. The van der Waals surface area contributed by atoms with Crippen molar-refractivity contribution in [2.24, 2.45) is 11.7 Å². The number of phenolic OH excluding ortho intramolecular Hbond substituents is 1. The second-order valence-corrected chi connectivity index (χ2v) is 5.24. The predicted molar refractivity (Wildman–Crippen MR) is 70.2 cm³/mol. The van der Waals surface area contributed by atoms with Gasteiger partial charge in [0.15, 0.2) is 0 Å². The first-order valence-electron chi connectivity index (χ1n) is 5.36. The SMILES string of the molecule is CC(C)[C@H](O)[C@H](N)c1cc([N+](=O)[O-])cc(Br)c1O. The van der Waals surface area contributed by atoms with E-state index in [1.54, 1.807) is 13.8 Å². The van der Waals surface area contributed by atoms with Gasteiger partial charge in [-0.05, 0) is 21.8 Å². The number of nitrogens with two attached hydrogens (primary N) is 1. The molecular weight excluding hydrogens is 304 g/mol. The van der Waals surface area contributed by atoms with E-state index in [9.17, 15) is 20.3 Å². The number of aliphatic hydroxyl groups excluding tert-OH is 1. The van der Waals surface area contributed by atoms with Gasteiger partial charge in [0, 0.05) is 17.7 Å². The summed E-state index contributed by atoms with van der Waals surface area (Å²) in [7, 11) is 0. The fraction of sp³-hybridized carbons (Fsp3) is 0.455. The van der Waals surface area contributed by atoms with Crippen LogP contribution in [0.2, 0.25) is 0 Å². The minimum atomic E-state index is -0.898. The van der Waals surface area contributed by atoms with Crippen LogP contribution in [0, 0.1) is 16.0 Å². The van der Waals surface area contributed by atoms with E-state index in [0.717, 1.165) is 0 Å². The summed E-state index contributed by atoms with van der Waals surface area (Å²) in [4.78, 5) is 10.2. The number of nitro benzene ring substituents is 1. The van der Waals surface area contributed by atoms with Crippen molar-refractivity contribution in [3.8, 4) is 5.75 Å². The highest BCUT2D eigenvalue weighted by Crippen LogP contribution is 2.37. The average Bonchev–Trinajstić information content (AvgIpc) is 2.30. The molecule has 0 radical (unpaired) electrons. The van der Waals surface area contributed by atoms with Crippen molar-refractivity contribution in [3.05, 3.63) is 32.3 Å². The first-order valence-corrected chi connectivity index (χ1v) is 6.15. The predicted octanol–water partition coefficient (Wildman–Crippen LogP) is 2.08. The maximum Gasteiger partial charge on any atom is 0.271 e. The summed E-state index contributed by atoms with van der Waals surface area (Å²) < 4.78 is 0.179. The topological polar surface area (TPSA) is 110 Å². The van der Waals surface area contributed by atoms with Gasteiger partial charge in [-0.3, -0.25) is 10.1 Å². The van der Waals surface area contributed by atoms with Gasteiger partial charge in [-0.2, -0.15) is 0 Å². The Balaban J connectivity index is 3.26. The summed E-state index contributed by atoms with van der Waals surface area (Å²) in [5, 5.41) is 30.5. The van der Waals surface area contributed by atoms with Crippen LogP contribution in [0.15, 0.2) is 16.6 Å². The highest BCUT2D eigenvalue weighted by Gasteiger charge is 2.26. The summed E-state index contributed by atoms with van der Waals surface area (Å²) in [6.45, 7) is 3.54. The summed E-state index contributed by atoms with van der Waals surface area (Å²) in [6.07, 6.45) is -0.898. The van der Waals surface area contributed by atoms with Gasteiger partial charge < -0.3 is 15.9 Å². The first kappa shape index (κ1) is 14.9. The Morgan fingerprint density at radius 1 is 1.44 bits per heavy atom. The van der Waals surface area contributed by atoms with Gasteiger partial charge in [-0.15, -0.1) is 0 Å². The lowest BCUT2D eigenvalue weighted by molar-refractivity contribution is -0.385. The molecule has 100 valence electrons. The van der Waals surface area contributed by atoms with Crippen molar-refractivity contribution < 1.29 is 15.1 Å². The van der Waals surface area contributed by atoms with Crippen LogP contribution in [0.5, 0.6) is 5.75 Å². The van der Waals surface area contributed by atoms with Crippen molar-refractivity contribution >= 4 is 21.6 Å². The molecule has 7 heteroatoms. The molecule has 4 N–H and O–H groups in total. The molecule has 2 atom stereocenters. The van der Waals surface area contributed by atoms with Gasteiger partial charge in [0.25, 0.3) is 5.69 Å². The lowest BCUT2D eigenvalue weighted by Gasteiger charge is -2.23. The van der Waals surface area contributed by atoms with Crippen LogP contribution in [0.25, 0.3) is 0 Å². The van der Waals surface area contributed by atoms with E-state index in [2.05, 4.69) is 15.9 Å². The van der Waals surface area contributed by atoms with Crippen LogP contribution in [-0.2, 0) is 0 Å². The van der Waals surface area contributed by atoms with Crippen LogP contribution in [-0.4, -0.2) is 21.2 Å². The number of non-ortho nitro benzene ring substituents is 1. The Bertz CT molecular complexity index is 465. The molecule has 0 aliphatic rings.